The van der Waals surface area contributed by atoms with E-state index in [1.807, 2.05) is 42.5 Å². The number of aromatic nitrogens is 4. The minimum absolute atomic E-state index is 0.455. The van der Waals surface area contributed by atoms with Gasteiger partial charge in [0.2, 0.25) is 0 Å². The van der Waals surface area contributed by atoms with Gasteiger partial charge in [-0.05, 0) is 35.9 Å². The van der Waals surface area contributed by atoms with Crippen LogP contribution in [-0.4, -0.2) is 19.9 Å². The van der Waals surface area contributed by atoms with Gasteiger partial charge in [0.05, 0.1) is 16.6 Å². The third-order valence-corrected chi connectivity index (χ3v) is 3.58. The first kappa shape index (κ1) is 12.5. The first-order valence-corrected chi connectivity index (χ1v) is 6.92. The lowest BCUT2D eigenvalue weighted by atomic mass is 10.1. The maximum atomic E-state index is 6.04. The van der Waals surface area contributed by atoms with E-state index in [1.165, 1.54) is 0 Å². The van der Waals surface area contributed by atoms with Gasteiger partial charge in [0.15, 0.2) is 0 Å². The monoisotopic (exact) mass is 287 g/mol. The molecule has 5 heteroatoms. The van der Waals surface area contributed by atoms with E-state index in [2.05, 4.69) is 19.9 Å². The highest BCUT2D eigenvalue weighted by Crippen LogP contribution is 2.28. The highest BCUT2D eigenvalue weighted by Gasteiger charge is 2.11. The second-order valence-corrected chi connectivity index (χ2v) is 5.00. The molecule has 0 bridgehead atoms. The van der Waals surface area contributed by atoms with Gasteiger partial charge in [-0.2, -0.15) is 0 Å². The number of nitrogen functional groups attached to an aromatic ring is 1. The van der Waals surface area contributed by atoms with Crippen LogP contribution in [0.1, 0.15) is 0 Å². The molecule has 0 fully saturated rings. The summed E-state index contributed by atoms with van der Waals surface area (Å²) >= 11 is 0. The number of hydrogen-bond donors (Lipinski definition) is 2. The SMILES string of the molecule is Nc1ncc(-c2ccncc2)cc1-c1nc2ccccc2[nH]1. The van der Waals surface area contributed by atoms with Crippen molar-refractivity contribution in [2.45, 2.75) is 0 Å². The van der Waals surface area contributed by atoms with Crippen LogP contribution in [0.2, 0.25) is 0 Å². The minimum atomic E-state index is 0.455. The number of nitrogens with zero attached hydrogens (tertiary/aromatic N) is 3. The topological polar surface area (TPSA) is 80.5 Å². The molecule has 3 aromatic heterocycles. The maximum absolute atomic E-state index is 6.04. The van der Waals surface area contributed by atoms with Crippen LogP contribution < -0.4 is 5.73 Å². The predicted molar refractivity (Wildman–Crippen MR) is 87.0 cm³/mol. The molecule has 3 heterocycles. The molecule has 106 valence electrons. The molecule has 0 saturated carbocycles. The highest BCUT2D eigenvalue weighted by molar-refractivity contribution is 5.83. The smallest absolute Gasteiger partial charge is 0.142 e. The Morgan fingerprint density at radius 2 is 1.77 bits per heavy atom. The summed E-state index contributed by atoms with van der Waals surface area (Å²) in [7, 11) is 0. The van der Waals surface area contributed by atoms with Crippen molar-refractivity contribution in [3.8, 4) is 22.5 Å². The van der Waals surface area contributed by atoms with E-state index < -0.39 is 0 Å². The van der Waals surface area contributed by atoms with E-state index in [4.69, 9.17) is 5.73 Å². The summed E-state index contributed by atoms with van der Waals surface area (Å²) in [6, 6.07) is 13.8. The number of nitrogens with one attached hydrogen (secondary N) is 1. The Labute approximate surface area is 126 Å². The Morgan fingerprint density at radius 1 is 0.955 bits per heavy atom. The van der Waals surface area contributed by atoms with Crippen LogP contribution in [0.3, 0.4) is 0 Å². The number of hydrogen-bond acceptors (Lipinski definition) is 4. The van der Waals surface area contributed by atoms with Gasteiger partial charge in [-0.1, -0.05) is 12.1 Å². The molecule has 0 amide bonds. The average molecular weight is 287 g/mol. The van der Waals surface area contributed by atoms with Crippen LogP contribution in [-0.2, 0) is 0 Å². The molecule has 4 aromatic rings. The first-order valence-electron chi connectivity index (χ1n) is 6.92. The van der Waals surface area contributed by atoms with Crippen LogP contribution in [0.4, 0.5) is 5.82 Å². The summed E-state index contributed by atoms with van der Waals surface area (Å²) in [5.74, 6) is 1.18. The van der Waals surface area contributed by atoms with Crippen molar-refractivity contribution in [2.75, 3.05) is 5.73 Å². The third kappa shape index (κ3) is 2.09. The molecule has 1 aromatic carbocycles. The van der Waals surface area contributed by atoms with E-state index in [0.717, 1.165) is 33.5 Å². The van der Waals surface area contributed by atoms with Crippen molar-refractivity contribution in [2.24, 2.45) is 0 Å². The van der Waals surface area contributed by atoms with Gasteiger partial charge in [0, 0.05) is 24.2 Å². The van der Waals surface area contributed by atoms with Gasteiger partial charge in [0.1, 0.15) is 11.6 Å². The van der Waals surface area contributed by atoms with Crippen molar-refractivity contribution < 1.29 is 0 Å². The highest BCUT2D eigenvalue weighted by atomic mass is 14.9. The van der Waals surface area contributed by atoms with Crippen LogP contribution in [0, 0.1) is 0 Å². The summed E-state index contributed by atoms with van der Waals surface area (Å²) in [5, 5.41) is 0. The van der Waals surface area contributed by atoms with Gasteiger partial charge in [-0.25, -0.2) is 9.97 Å². The van der Waals surface area contributed by atoms with Gasteiger partial charge in [-0.3, -0.25) is 4.98 Å². The third-order valence-electron chi connectivity index (χ3n) is 3.58. The summed E-state index contributed by atoms with van der Waals surface area (Å²) < 4.78 is 0. The molecule has 5 nitrogen and oxygen atoms in total. The normalized spacial score (nSPS) is 10.9. The molecule has 22 heavy (non-hydrogen) atoms. The Bertz CT molecular complexity index is 911. The molecular formula is C17H13N5. The Hall–Kier alpha value is -3.21. The fourth-order valence-corrected chi connectivity index (χ4v) is 2.45. The van der Waals surface area contributed by atoms with Gasteiger partial charge < -0.3 is 10.7 Å². The molecule has 4 rings (SSSR count). The van der Waals surface area contributed by atoms with Crippen molar-refractivity contribution in [1.29, 1.82) is 0 Å². The zero-order chi connectivity index (χ0) is 14.9. The maximum Gasteiger partial charge on any atom is 0.142 e. The number of imidazole rings is 1. The number of anilines is 1. The second-order valence-electron chi connectivity index (χ2n) is 5.00. The lowest BCUT2D eigenvalue weighted by molar-refractivity contribution is 1.27. The Kier molecular flexibility index (Phi) is 2.83. The largest absolute Gasteiger partial charge is 0.383 e. The average Bonchev–Trinajstić information content (AvgIpc) is 3.00. The van der Waals surface area contributed by atoms with Gasteiger partial charge >= 0.3 is 0 Å². The summed E-state index contributed by atoms with van der Waals surface area (Å²) in [4.78, 5) is 16.2. The quantitative estimate of drug-likeness (QED) is 0.593. The molecular weight excluding hydrogens is 274 g/mol. The lowest BCUT2D eigenvalue weighted by Crippen LogP contribution is -1.96. The van der Waals surface area contributed by atoms with E-state index >= 15 is 0 Å². The summed E-state index contributed by atoms with van der Waals surface area (Å²) in [6.45, 7) is 0. The van der Waals surface area contributed by atoms with E-state index in [1.54, 1.807) is 18.6 Å². The van der Waals surface area contributed by atoms with Crippen LogP contribution >= 0.6 is 0 Å². The van der Waals surface area contributed by atoms with Crippen molar-refractivity contribution in [3.05, 3.63) is 61.1 Å². The summed E-state index contributed by atoms with van der Waals surface area (Å²) in [6.07, 6.45) is 5.27. The number of fused-ring (bicyclic) bond motifs is 1. The number of para-hydroxylation sites is 2. The van der Waals surface area contributed by atoms with Crippen molar-refractivity contribution in [1.82, 2.24) is 19.9 Å². The van der Waals surface area contributed by atoms with Crippen LogP contribution in [0.25, 0.3) is 33.5 Å². The zero-order valence-corrected chi connectivity index (χ0v) is 11.7. The molecule has 0 unspecified atom stereocenters. The number of rotatable bonds is 2. The van der Waals surface area contributed by atoms with Gasteiger partial charge in [0.25, 0.3) is 0 Å². The number of nitrogens with two attached hydrogens (primary N) is 1. The number of aromatic amines is 1. The molecule has 0 saturated heterocycles. The van der Waals surface area contributed by atoms with E-state index in [0.29, 0.717) is 5.82 Å². The number of benzene rings is 1. The van der Waals surface area contributed by atoms with Crippen molar-refractivity contribution >= 4 is 16.9 Å². The fraction of sp³-hybridized carbons (Fsp3) is 0. The molecule has 0 aliphatic rings. The Balaban J connectivity index is 1.87. The van der Waals surface area contributed by atoms with Crippen molar-refractivity contribution in [3.63, 3.8) is 0 Å². The molecule has 0 atom stereocenters. The molecule has 0 aliphatic carbocycles. The van der Waals surface area contributed by atoms with Gasteiger partial charge in [-0.15, -0.1) is 0 Å². The molecule has 0 aliphatic heterocycles. The lowest BCUT2D eigenvalue weighted by Gasteiger charge is -2.06. The van der Waals surface area contributed by atoms with Crippen LogP contribution in [0.15, 0.2) is 61.1 Å². The van der Waals surface area contributed by atoms with E-state index in [-0.39, 0.29) is 0 Å². The zero-order valence-electron chi connectivity index (χ0n) is 11.7. The fourth-order valence-electron chi connectivity index (χ4n) is 2.45. The predicted octanol–water partition coefficient (Wildman–Crippen LogP) is 3.27. The standard InChI is InChI=1S/C17H13N5/c18-16-13(17-21-14-3-1-2-4-15(14)22-17)9-12(10-20-16)11-5-7-19-8-6-11/h1-10H,(H2,18,20)(H,21,22). The van der Waals surface area contributed by atoms with E-state index in [9.17, 15) is 0 Å². The molecule has 0 spiro atoms. The molecule has 0 radical (unpaired) electrons. The number of pyridine rings is 2. The first-order chi connectivity index (χ1) is 10.8. The Morgan fingerprint density at radius 3 is 2.59 bits per heavy atom. The van der Waals surface area contributed by atoms with Crippen LogP contribution in [0.5, 0.6) is 0 Å². The minimum Gasteiger partial charge on any atom is -0.383 e. The molecule has 3 N–H and O–H groups in total. The summed E-state index contributed by atoms with van der Waals surface area (Å²) in [5.41, 5.74) is 10.7. The number of H-pyrrole nitrogens is 1. The second kappa shape index (κ2) is 4.96.